The van der Waals surface area contributed by atoms with Gasteiger partial charge in [-0.1, -0.05) is 54.4 Å². The molecule has 0 radical (unpaired) electrons. The normalized spacial score (nSPS) is 12.7. The molecule has 0 aliphatic carbocycles. The highest BCUT2D eigenvalue weighted by molar-refractivity contribution is 7.92. The molecule has 7 nitrogen and oxygen atoms in total. The third-order valence-corrected chi connectivity index (χ3v) is 7.01. The molecule has 0 aliphatic heterocycles. The van der Waals surface area contributed by atoms with Crippen molar-refractivity contribution in [3.8, 4) is 0 Å². The van der Waals surface area contributed by atoms with Crippen LogP contribution in [0.25, 0.3) is 0 Å². The molecule has 0 unspecified atom stereocenters. The molecule has 0 saturated carbocycles. The maximum Gasteiger partial charge on any atom is 0.244 e. The fourth-order valence-electron chi connectivity index (χ4n) is 3.62. The number of rotatable bonds is 9. The van der Waals surface area contributed by atoms with Crippen molar-refractivity contribution in [1.82, 2.24) is 10.2 Å². The molecule has 1 atom stereocenters. The molecule has 0 saturated heterocycles. The van der Waals surface area contributed by atoms with Crippen LogP contribution in [0, 0.1) is 6.92 Å². The lowest BCUT2D eigenvalue weighted by atomic mass is 10.0. The van der Waals surface area contributed by atoms with Crippen LogP contribution in [0.1, 0.15) is 45.2 Å². The maximum absolute atomic E-state index is 13.7. The molecule has 10 heteroatoms. The Morgan fingerprint density at radius 1 is 1.09 bits per heavy atom. The quantitative estimate of drug-likeness (QED) is 0.494. The first-order valence-corrected chi connectivity index (χ1v) is 13.8. The van der Waals surface area contributed by atoms with Gasteiger partial charge >= 0.3 is 0 Å². The molecule has 0 aromatic heterocycles. The molecule has 35 heavy (non-hydrogen) atoms. The lowest BCUT2D eigenvalue weighted by Crippen LogP contribution is -2.55. The Hall–Kier alpha value is -2.29. The van der Waals surface area contributed by atoms with Crippen molar-refractivity contribution in [1.29, 1.82) is 0 Å². The van der Waals surface area contributed by atoms with Gasteiger partial charge in [-0.2, -0.15) is 0 Å². The van der Waals surface area contributed by atoms with E-state index in [2.05, 4.69) is 5.32 Å². The van der Waals surface area contributed by atoms with Crippen LogP contribution in [-0.4, -0.2) is 49.5 Å². The molecule has 0 bridgehead atoms. The molecule has 192 valence electrons. The number of benzene rings is 2. The van der Waals surface area contributed by atoms with Gasteiger partial charge < -0.3 is 10.2 Å². The van der Waals surface area contributed by atoms with E-state index in [4.69, 9.17) is 23.2 Å². The topological polar surface area (TPSA) is 86.8 Å². The first kappa shape index (κ1) is 28.9. The number of nitrogens with zero attached hydrogens (tertiary/aromatic N) is 2. The van der Waals surface area contributed by atoms with Crippen LogP contribution in [0.2, 0.25) is 10.0 Å². The summed E-state index contributed by atoms with van der Waals surface area (Å²) in [5.74, 6) is -0.835. The Labute approximate surface area is 218 Å². The van der Waals surface area contributed by atoms with Crippen molar-refractivity contribution < 1.29 is 18.0 Å². The number of hydrogen-bond donors (Lipinski definition) is 1. The summed E-state index contributed by atoms with van der Waals surface area (Å²) < 4.78 is 26.3. The molecule has 0 spiro atoms. The zero-order valence-corrected chi connectivity index (χ0v) is 23.3. The van der Waals surface area contributed by atoms with Crippen LogP contribution in [-0.2, 0) is 26.2 Å². The molecule has 1 N–H and O–H groups in total. The summed E-state index contributed by atoms with van der Waals surface area (Å²) in [6.07, 6.45) is 1.35. The first-order chi connectivity index (χ1) is 16.1. The average Bonchev–Trinajstić information content (AvgIpc) is 2.71. The van der Waals surface area contributed by atoms with Gasteiger partial charge in [0, 0.05) is 17.1 Å². The van der Waals surface area contributed by atoms with Crippen molar-refractivity contribution in [2.24, 2.45) is 0 Å². The van der Waals surface area contributed by atoms with Crippen LogP contribution < -0.4 is 9.62 Å². The largest absolute Gasteiger partial charge is 0.350 e. The Balaban J connectivity index is 2.51. The second-order valence-electron chi connectivity index (χ2n) is 9.48. The van der Waals surface area contributed by atoms with Crippen LogP contribution in [0.15, 0.2) is 42.5 Å². The Morgan fingerprint density at radius 2 is 1.71 bits per heavy atom. The van der Waals surface area contributed by atoms with Gasteiger partial charge in [-0.15, -0.1) is 0 Å². The molecule has 0 heterocycles. The molecular weight excluding hydrogens is 509 g/mol. The number of amides is 2. The summed E-state index contributed by atoms with van der Waals surface area (Å²) >= 11 is 12.3. The minimum atomic E-state index is -3.89. The summed E-state index contributed by atoms with van der Waals surface area (Å²) in [6.45, 7) is 8.94. The zero-order valence-electron chi connectivity index (χ0n) is 20.9. The minimum absolute atomic E-state index is 0.0960. The van der Waals surface area contributed by atoms with E-state index in [0.717, 1.165) is 21.7 Å². The highest BCUT2D eigenvalue weighted by atomic mass is 35.5. The third-order valence-electron chi connectivity index (χ3n) is 5.34. The van der Waals surface area contributed by atoms with Crippen LogP contribution in [0.4, 0.5) is 5.69 Å². The number of halogens is 2. The van der Waals surface area contributed by atoms with Crippen molar-refractivity contribution in [3.63, 3.8) is 0 Å². The van der Waals surface area contributed by atoms with Crippen molar-refractivity contribution in [2.45, 2.75) is 59.2 Å². The first-order valence-electron chi connectivity index (χ1n) is 11.2. The van der Waals surface area contributed by atoms with Gasteiger partial charge in [0.2, 0.25) is 21.8 Å². The maximum atomic E-state index is 13.7. The van der Waals surface area contributed by atoms with Crippen LogP contribution in [0.3, 0.4) is 0 Å². The number of aryl methyl sites for hydroxylation is 1. The van der Waals surface area contributed by atoms with Gasteiger partial charge in [-0.05, 0) is 63.4 Å². The van der Waals surface area contributed by atoms with Gasteiger partial charge in [0.25, 0.3) is 0 Å². The number of anilines is 1. The molecule has 2 aromatic rings. The van der Waals surface area contributed by atoms with Crippen LogP contribution in [0.5, 0.6) is 0 Å². The smallest absolute Gasteiger partial charge is 0.244 e. The third kappa shape index (κ3) is 8.12. The van der Waals surface area contributed by atoms with E-state index < -0.39 is 34.1 Å². The Kier molecular flexibility index (Phi) is 9.62. The van der Waals surface area contributed by atoms with Crippen molar-refractivity contribution in [2.75, 3.05) is 17.1 Å². The fraction of sp³-hybridized carbons (Fsp3) is 0.440. The Bertz CT molecular complexity index is 1180. The highest BCUT2D eigenvalue weighted by Crippen LogP contribution is 2.30. The van der Waals surface area contributed by atoms with E-state index in [1.807, 2.05) is 58.9 Å². The van der Waals surface area contributed by atoms with E-state index >= 15 is 0 Å². The van der Waals surface area contributed by atoms with Gasteiger partial charge in [0.15, 0.2) is 0 Å². The number of carbonyl (C=O) groups excluding carboxylic acids is 2. The van der Waals surface area contributed by atoms with Crippen molar-refractivity contribution >= 4 is 50.7 Å². The summed E-state index contributed by atoms with van der Waals surface area (Å²) in [5, 5.41) is 3.37. The number of nitrogens with one attached hydrogen (secondary N) is 1. The highest BCUT2D eigenvalue weighted by Gasteiger charge is 2.33. The van der Waals surface area contributed by atoms with Crippen LogP contribution >= 0.6 is 23.2 Å². The number of hydrogen-bond acceptors (Lipinski definition) is 4. The average molecular weight is 543 g/mol. The second-order valence-corrected chi connectivity index (χ2v) is 12.2. The molecule has 2 rings (SSSR count). The number of sulfonamides is 1. The minimum Gasteiger partial charge on any atom is -0.350 e. The lowest BCUT2D eigenvalue weighted by Gasteiger charge is -2.35. The fourth-order valence-corrected chi connectivity index (χ4v) is 5.04. The monoisotopic (exact) mass is 541 g/mol. The SMILES string of the molecule is CC[C@@H](C(=O)NC(C)(C)C)N(Cc1ccccc1C)C(=O)CN(c1ccc(Cl)cc1Cl)S(C)(=O)=O. The van der Waals surface area contributed by atoms with Gasteiger partial charge in [0.1, 0.15) is 12.6 Å². The predicted molar refractivity (Wildman–Crippen MR) is 142 cm³/mol. The molecular formula is C25H33Cl2N3O4S. The molecule has 2 aromatic carbocycles. The summed E-state index contributed by atoms with van der Waals surface area (Å²) in [7, 11) is -3.89. The lowest BCUT2D eigenvalue weighted by molar-refractivity contribution is -0.141. The standard InChI is InChI=1S/C25H33Cl2N3O4S/c1-7-21(24(32)28-25(3,4)5)29(15-18-11-9-8-10-17(18)2)23(31)16-30(35(6,33)34)22-13-12-19(26)14-20(22)27/h8-14,21H,7,15-16H2,1-6H3,(H,28,32)/t21-/m0/s1. The molecule has 2 amide bonds. The Morgan fingerprint density at radius 3 is 2.23 bits per heavy atom. The predicted octanol–water partition coefficient (Wildman–Crippen LogP) is 4.79. The van der Waals surface area contributed by atoms with Crippen molar-refractivity contribution in [3.05, 3.63) is 63.6 Å². The van der Waals surface area contributed by atoms with E-state index in [9.17, 15) is 18.0 Å². The van der Waals surface area contributed by atoms with Gasteiger partial charge in [-0.3, -0.25) is 13.9 Å². The number of carbonyl (C=O) groups is 2. The molecule has 0 aliphatic rings. The zero-order chi connectivity index (χ0) is 26.6. The van der Waals surface area contributed by atoms with Gasteiger partial charge in [0.05, 0.1) is 17.0 Å². The van der Waals surface area contributed by atoms with E-state index in [0.29, 0.717) is 11.4 Å². The van der Waals surface area contributed by atoms with E-state index in [1.54, 1.807) is 0 Å². The van der Waals surface area contributed by atoms with Gasteiger partial charge in [-0.25, -0.2) is 8.42 Å². The molecule has 0 fully saturated rings. The summed E-state index contributed by atoms with van der Waals surface area (Å²) in [6, 6.07) is 11.1. The van der Waals surface area contributed by atoms with E-state index in [-0.39, 0.29) is 23.2 Å². The summed E-state index contributed by atoms with van der Waals surface area (Å²) in [5.41, 5.74) is 1.45. The summed E-state index contributed by atoms with van der Waals surface area (Å²) in [4.78, 5) is 28.3. The second kappa shape index (κ2) is 11.6. The van der Waals surface area contributed by atoms with E-state index in [1.165, 1.54) is 23.1 Å².